The molecule has 4 rings (SSSR count). The Hall–Kier alpha value is -3.64. The molecule has 0 amide bonds. The summed E-state index contributed by atoms with van der Waals surface area (Å²) in [4.78, 5) is 4.62. The summed E-state index contributed by atoms with van der Waals surface area (Å²) in [5.74, 6) is 0.346. The molecular weight excluding hydrogens is 320 g/mol. The van der Waals surface area contributed by atoms with Gasteiger partial charge in [0.15, 0.2) is 0 Å². The van der Waals surface area contributed by atoms with E-state index in [0.29, 0.717) is 11.4 Å². The number of rotatable bonds is 3. The molecule has 0 aliphatic heterocycles. The summed E-state index contributed by atoms with van der Waals surface area (Å²) in [6.45, 7) is 0. The van der Waals surface area contributed by atoms with E-state index in [-0.39, 0.29) is 0 Å². The Bertz CT molecular complexity index is 1080. The van der Waals surface area contributed by atoms with Gasteiger partial charge in [0.25, 0.3) is 0 Å². The van der Waals surface area contributed by atoms with E-state index < -0.39 is 0 Å². The third-order valence-corrected chi connectivity index (χ3v) is 4.44. The minimum atomic E-state index is 0.346. The van der Waals surface area contributed by atoms with E-state index in [2.05, 4.69) is 35.3 Å². The average molecular weight is 336 g/mol. The average Bonchev–Trinajstić information content (AvgIpc) is 2.95. The van der Waals surface area contributed by atoms with Crippen molar-refractivity contribution in [3.8, 4) is 45.5 Å². The minimum absolute atomic E-state index is 0.346. The van der Waals surface area contributed by atoms with Crippen molar-refractivity contribution in [3.05, 3.63) is 84.4 Å². The first-order valence-electron chi connectivity index (χ1n) is 8.34. The van der Waals surface area contributed by atoms with Crippen molar-refractivity contribution >= 4 is 0 Å². The maximum absolute atomic E-state index is 9.65. The molecule has 0 spiro atoms. The molecule has 0 saturated heterocycles. The second-order valence-electron chi connectivity index (χ2n) is 5.94. The fraction of sp³-hybridized carbons (Fsp3) is 0.0435. The van der Waals surface area contributed by atoms with Crippen LogP contribution in [0.3, 0.4) is 0 Å². The van der Waals surface area contributed by atoms with Crippen LogP contribution in [0.25, 0.3) is 33.5 Å². The van der Waals surface area contributed by atoms with Crippen LogP contribution in [0.15, 0.2) is 78.9 Å². The molecule has 3 heteroatoms. The molecule has 1 heterocycles. The highest BCUT2D eigenvalue weighted by atomic mass is 16.5. The lowest BCUT2D eigenvalue weighted by atomic mass is 9.98. The highest BCUT2D eigenvalue weighted by molar-refractivity contribution is 5.87. The van der Waals surface area contributed by atoms with Gasteiger partial charge in [0.1, 0.15) is 11.6 Å². The predicted octanol–water partition coefficient (Wildman–Crippen LogP) is 5.40. The lowest BCUT2D eigenvalue weighted by Crippen LogP contribution is -1.97. The Morgan fingerprint density at radius 3 is 2.08 bits per heavy atom. The van der Waals surface area contributed by atoms with E-state index in [1.54, 1.807) is 7.11 Å². The van der Waals surface area contributed by atoms with Crippen molar-refractivity contribution in [1.82, 2.24) is 4.98 Å². The third kappa shape index (κ3) is 2.68. The largest absolute Gasteiger partial charge is 0.480 e. The molecule has 124 valence electrons. The van der Waals surface area contributed by atoms with E-state index in [1.165, 1.54) is 0 Å². The standard InChI is InChI=1S/C23H16N2O/c1-26-23-21(15-24)20(16-8-4-2-5-9-16)14-22(25-23)19-13-12-17-10-6-3-7-11-18(17)19/h2-14H,1H3. The van der Waals surface area contributed by atoms with Crippen molar-refractivity contribution in [2.45, 2.75) is 0 Å². The Balaban J connectivity index is 1.98. The molecule has 26 heavy (non-hydrogen) atoms. The molecule has 0 radical (unpaired) electrons. The normalized spacial score (nSPS) is 10.5. The van der Waals surface area contributed by atoms with Gasteiger partial charge in [0.05, 0.1) is 12.8 Å². The molecule has 2 aliphatic rings. The molecule has 2 aromatic rings. The van der Waals surface area contributed by atoms with E-state index in [1.807, 2.05) is 54.6 Å². The van der Waals surface area contributed by atoms with Crippen LogP contribution in [-0.4, -0.2) is 12.1 Å². The van der Waals surface area contributed by atoms with Gasteiger partial charge in [-0.15, -0.1) is 0 Å². The first-order chi connectivity index (χ1) is 12.8. The summed E-state index contributed by atoms with van der Waals surface area (Å²) in [6, 6.07) is 28.4. The van der Waals surface area contributed by atoms with Crippen LogP contribution in [0.1, 0.15) is 5.56 Å². The molecular formula is C23H16N2O. The van der Waals surface area contributed by atoms with Crippen molar-refractivity contribution in [2.75, 3.05) is 7.11 Å². The Kier molecular flexibility index (Phi) is 4.09. The monoisotopic (exact) mass is 336 g/mol. The topological polar surface area (TPSA) is 45.9 Å². The van der Waals surface area contributed by atoms with Crippen molar-refractivity contribution < 1.29 is 4.74 Å². The Labute approximate surface area is 152 Å². The molecule has 1 aromatic heterocycles. The fourth-order valence-electron chi connectivity index (χ4n) is 3.20. The fourth-order valence-corrected chi connectivity index (χ4v) is 3.20. The lowest BCUT2D eigenvalue weighted by molar-refractivity contribution is 0.397. The van der Waals surface area contributed by atoms with Gasteiger partial charge in [-0.1, -0.05) is 72.8 Å². The molecule has 0 saturated carbocycles. The molecule has 0 fully saturated rings. The van der Waals surface area contributed by atoms with Crippen molar-refractivity contribution in [2.24, 2.45) is 0 Å². The smallest absolute Gasteiger partial charge is 0.232 e. The molecule has 0 atom stereocenters. The molecule has 3 nitrogen and oxygen atoms in total. The molecule has 0 unspecified atom stereocenters. The van der Waals surface area contributed by atoms with E-state index >= 15 is 0 Å². The van der Waals surface area contributed by atoms with Crippen LogP contribution in [0.5, 0.6) is 5.88 Å². The maximum atomic E-state index is 9.65. The second-order valence-corrected chi connectivity index (χ2v) is 5.94. The summed E-state index contributed by atoms with van der Waals surface area (Å²) in [5, 5.41) is 9.65. The van der Waals surface area contributed by atoms with E-state index in [0.717, 1.165) is 33.5 Å². The number of fused-ring (bicyclic) bond motifs is 1. The van der Waals surface area contributed by atoms with Gasteiger partial charge in [0, 0.05) is 11.1 Å². The highest BCUT2D eigenvalue weighted by Crippen LogP contribution is 2.38. The zero-order valence-electron chi connectivity index (χ0n) is 14.3. The number of hydrogen-bond acceptors (Lipinski definition) is 3. The number of methoxy groups -OCH3 is 1. The third-order valence-electron chi connectivity index (χ3n) is 4.44. The molecule has 0 N–H and O–H groups in total. The maximum Gasteiger partial charge on any atom is 0.232 e. The SMILES string of the molecule is COc1nc(-c2ccc3cccccc2-3)cc(-c2ccccc2)c1C#N. The van der Waals surface area contributed by atoms with Gasteiger partial charge in [-0.05, 0) is 22.8 Å². The van der Waals surface area contributed by atoms with Gasteiger partial charge in [0.2, 0.25) is 5.88 Å². The summed E-state index contributed by atoms with van der Waals surface area (Å²) >= 11 is 0. The van der Waals surface area contributed by atoms with Crippen LogP contribution >= 0.6 is 0 Å². The summed E-state index contributed by atoms with van der Waals surface area (Å²) in [5.41, 5.74) is 6.32. The van der Waals surface area contributed by atoms with E-state index in [9.17, 15) is 5.26 Å². The quantitative estimate of drug-likeness (QED) is 0.503. The number of nitrogens with zero attached hydrogens (tertiary/aromatic N) is 2. The number of benzene rings is 1. The van der Waals surface area contributed by atoms with Gasteiger partial charge in [-0.2, -0.15) is 5.26 Å². The lowest BCUT2D eigenvalue weighted by Gasteiger charge is -2.12. The Morgan fingerprint density at radius 2 is 1.42 bits per heavy atom. The molecule has 2 aliphatic carbocycles. The zero-order valence-corrected chi connectivity index (χ0v) is 14.3. The second kappa shape index (κ2) is 6.70. The van der Waals surface area contributed by atoms with Gasteiger partial charge in [-0.3, -0.25) is 0 Å². The number of aromatic nitrogens is 1. The minimum Gasteiger partial charge on any atom is -0.480 e. The first-order valence-corrected chi connectivity index (χ1v) is 8.34. The molecule has 1 aromatic carbocycles. The summed E-state index contributed by atoms with van der Waals surface area (Å²) < 4.78 is 5.43. The number of ether oxygens (including phenoxy) is 1. The molecule has 0 bridgehead atoms. The van der Waals surface area contributed by atoms with Crippen LogP contribution in [-0.2, 0) is 0 Å². The van der Waals surface area contributed by atoms with Gasteiger partial charge >= 0.3 is 0 Å². The van der Waals surface area contributed by atoms with Crippen LogP contribution in [0.2, 0.25) is 0 Å². The highest BCUT2D eigenvalue weighted by Gasteiger charge is 2.18. The van der Waals surface area contributed by atoms with Crippen LogP contribution in [0, 0.1) is 11.3 Å². The summed E-state index contributed by atoms with van der Waals surface area (Å²) in [6.07, 6.45) is 0. The van der Waals surface area contributed by atoms with E-state index in [4.69, 9.17) is 4.74 Å². The first kappa shape index (κ1) is 15.9. The zero-order chi connectivity index (χ0) is 17.9. The van der Waals surface area contributed by atoms with Gasteiger partial charge in [-0.25, -0.2) is 4.98 Å². The van der Waals surface area contributed by atoms with Crippen LogP contribution < -0.4 is 4.74 Å². The Morgan fingerprint density at radius 1 is 0.769 bits per heavy atom. The number of hydrogen-bond donors (Lipinski definition) is 0. The number of pyridine rings is 1. The van der Waals surface area contributed by atoms with Crippen molar-refractivity contribution in [3.63, 3.8) is 0 Å². The number of nitriles is 1. The van der Waals surface area contributed by atoms with Crippen molar-refractivity contribution in [1.29, 1.82) is 5.26 Å². The van der Waals surface area contributed by atoms with Gasteiger partial charge < -0.3 is 4.74 Å². The van der Waals surface area contributed by atoms with Crippen LogP contribution in [0.4, 0.5) is 0 Å². The predicted molar refractivity (Wildman–Crippen MR) is 103 cm³/mol. The summed E-state index contributed by atoms with van der Waals surface area (Å²) in [7, 11) is 1.55.